The SMILES string of the molecule is COc1ccc(Br)cc1NC(C)c1sccc1Br. The number of anilines is 1. The number of thiophene rings is 1. The number of hydrogen-bond acceptors (Lipinski definition) is 3. The first-order chi connectivity index (χ1) is 8.61. The number of halogens is 2. The second-order valence-corrected chi connectivity index (χ2v) is 6.56. The molecule has 1 unspecified atom stereocenters. The Labute approximate surface area is 128 Å². The van der Waals surface area contributed by atoms with Crippen LogP contribution < -0.4 is 10.1 Å². The van der Waals surface area contributed by atoms with E-state index in [9.17, 15) is 0 Å². The van der Waals surface area contributed by atoms with Gasteiger partial charge in [-0.1, -0.05) is 15.9 Å². The van der Waals surface area contributed by atoms with Crippen molar-refractivity contribution in [2.75, 3.05) is 12.4 Å². The molecular weight excluding hydrogens is 378 g/mol. The van der Waals surface area contributed by atoms with E-state index in [4.69, 9.17) is 4.74 Å². The summed E-state index contributed by atoms with van der Waals surface area (Å²) in [5.74, 6) is 0.845. The molecule has 5 heteroatoms. The largest absolute Gasteiger partial charge is 0.495 e. The van der Waals surface area contributed by atoms with Gasteiger partial charge < -0.3 is 10.1 Å². The van der Waals surface area contributed by atoms with Crippen molar-refractivity contribution in [2.45, 2.75) is 13.0 Å². The van der Waals surface area contributed by atoms with Gasteiger partial charge in [0.25, 0.3) is 0 Å². The van der Waals surface area contributed by atoms with E-state index in [2.05, 4.69) is 55.5 Å². The van der Waals surface area contributed by atoms with Gasteiger partial charge in [-0.15, -0.1) is 11.3 Å². The first kappa shape index (κ1) is 13.9. The summed E-state index contributed by atoms with van der Waals surface area (Å²) in [5, 5.41) is 5.55. The third-order valence-electron chi connectivity index (χ3n) is 2.57. The molecule has 96 valence electrons. The van der Waals surface area contributed by atoms with Gasteiger partial charge in [0.2, 0.25) is 0 Å². The van der Waals surface area contributed by atoms with Crippen molar-refractivity contribution in [3.05, 3.63) is 43.5 Å². The minimum atomic E-state index is 0.225. The van der Waals surface area contributed by atoms with Gasteiger partial charge in [-0.3, -0.25) is 0 Å². The molecule has 1 aromatic carbocycles. The second kappa shape index (κ2) is 6.08. The molecule has 1 aromatic heterocycles. The molecule has 0 radical (unpaired) electrons. The molecule has 0 aliphatic rings. The maximum atomic E-state index is 5.36. The lowest BCUT2D eigenvalue weighted by Crippen LogP contribution is -2.06. The van der Waals surface area contributed by atoms with Crippen LogP contribution in [0.1, 0.15) is 17.8 Å². The van der Waals surface area contributed by atoms with Crippen LogP contribution >= 0.6 is 43.2 Å². The highest BCUT2D eigenvalue weighted by Gasteiger charge is 2.13. The van der Waals surface area contributed by atoms with E-state index in [1.165, 1.54) is 4.88 Å². The van der Waals surface area contributed by atoms with E-state index in [1.807, 2.05) is 18.2 Å². The van der Waals surface area contributed by atoms with Crippen LogP contribution in [-0.4, -0.2) is 7.11 Å². The van der Waals surface area contributed by atoms with Crippen molar-refractivity contribution in [1.29, 1.82) is 0 Å². The molecule has 0 fully saturated rings. The third kappa shape index (κ3) is 3.08. The Morgan fingerprint density at radius 2 is 2.06 bits per heavy atom. The molecule has 0 saturated heterocycles. The van der Waals surface area contributed by atoms with Crippen LogP contribution in [-0.2, 0) is 0 Å². The number of benzene rings is 1. The highest BCUT2D eigenvalue weighted by atomic mass is 79.9. The molecule has 0 aliphatic heterocycles. The number of hydrogen-bond donors (Lipinski definition) is 1. The maximum absolute atomic E-state index is 5.36. The number of rotatable bonds is 4. The predicted molar refractivity (Wildman–Crippen MR) is 84.8 cm³/mol. The van der Waals surface area contributed by atoms with Gasteiger partial charge in [-0.25, -0.2) is 0 Å². The fourth-order valence-electron chi connectivity index (χ4n) is 1.71. The fraction of sp³-hybridized carbons (Fsp3) is 0.231. The summed E-state index contributed by atoms with van der Waals surface area (Å²) in [6.45, 7) is 2.14. The monoisotopic (exact) mass is 389 g/mol. The zero-order chi connectivity index (χ0) is 13.1. The number of nitrogens with one attached hydrogen (secondary N) is 1. The predicted octanol–water partition coefficient (Wildman–Crippen LogP) is 5.45. The highest BCUT2D eigenvalue weighted by molar-refractivity contribution is 9.10. The summed E-state index contributed by atoms with van der Waals surface area (Å²) in [5.41, 5.74) is 0.986. The minimum Gasteiger partial charge on any atom is -0.495 e. The van der Waals surface area contributed by atoms with Crippen molar-refractivity contribution in [2.24, 2.45) is 0 Å². The Morgan fingerprint density at radius 1 is 1.28 bits per heavy atom. The van der Waals surface area contributed by atoms with Crippen LogP contribution in [0.2, 0.25) is 0 Å². The van der Waals surface area contributed by atoms with Gasteiger partial charge in [0.05, 0.1) is 18.8 Å². The van der Waals surface area contributed by atoms with Gasteiger partial charge in [-0.05, 0) is 52.5 Å². The lowest BCUT2D eigenvalue weighted by atomic mass is 10.2. The standard InChI is InChI=1S/C13H13Br2NOS/c1-8(13-10(15)5-6-18-13)16-11-7-9(14)3-4-12(11)17-2/h3-8,16H,1-2H3. The zero-order valence-corrected chi connectivity index (χ0v) is 14.0. The van der Waals surface area contributed by atoms with Crippen molar-refractivity contribution in [1.82, 2.24) is 0 Å². The van der Waals surface area contributed by atoms with E-state index in [-0.39, 0.29) is 6.04 Å². The Hall–Kier alpha value is -0.520. The van der Waals surface area contributed by atoms with E-state index >= 15 is 0 Å². The molecule has 0 saturated carbocycles. The summed E-state index contributed by atoms with van der Waals surface area (Å²) in [6.07, 6.45) is 0. The molecule has 1 N–H and O–H groups in total. The van der Waals surface area contributed by atoms with Gasteiger partial charge in [0, 0.05) is 13.8 Å². The normalized spacial score (nSPS) is 12.2. The molecule has 2 nitrogen and oxygen atoms in total. The van der Waals surface area contributed by atoms with Crippen molar-refractivity contribution < 1.29 is 4.74 Å². The lowest BCUT2D eigenvalue weighted by molar-refractivity contribution is 0.416. The topological polar surface area (TPSA) is 21.3 Å². The first-order valence-corrected chi connectivity index (χ1v) is 7.91. The summed E-state index contributed by atoms with van der Waals surface area (Å²) >= 11 is 8.77. The fourth-order valence-corrected chi connectivity index (χ4v) is 3.79. The Morgan fingerprint density at radius 3 is 2.67 bits per heavy atom. The van der Waals surface area contributed by atoms with Gasteiger partial charge in [0.1, 0.15) is 5.75 Å². The first-order valence-electron chi connectivity index (χ1n) is 5.44. The Bertz CT molecular complexity index is 542. The summed E-state index contributed by atoms with van der Waals surface area (Å²) in [7, 11) is 1.68. The summed E-state index contributed by atoms with van der Waals surface area (Å²) in [4.78, 5) is 1.28. The molecule has 2 rings (SSSR count). The van der Waals surface area contributed by atoms with Gasteiger partial charge in [0.15, 0.2) is 0 Å². The molecule has 2 aromatic rings. The molecular formula is C13H13Br2NOS. The third-order valence-corrected chi connectivity index (χ3v) is 5.12. The van der Waals surface area contributed by atoms with Gasteiger partial charge >= 0.3 is 0 Å². The van der Waals surface area contributed by atoms with Crippen molar-refractivity contribution in [3.8, 4) is 5.75 Å². The quantitative estimate of drug-likeness (QED) is 0.748. The van der Waals surface area contributed by atoms with Crippen molar-refractivity contribution >= 4 is 48.9 Å². The number of ether oxygens (including phenoxy) is 1. The van der Waals surface area contributed by atoms with Crippen LogP contribution in [0.4, 0.5) is 5.69 Å². The van der Waals surface area contributed by atoms with E-state index < -0.39 is 0 Å². The highest BCUT2D eigenvalue weighted by Crippen LogP contribution is 2.34. The molecule has 0 spiro atoms. The molecule has 1 atom stereocenters. The number of methoxy groups -OCH3 is 1. The van der Waals surface area contributed by atoms with E-state index in [0.29, 0.717) is 0 Å². The molecule has 1 heterocycles. The van der Waals surface area contributed by atoms with Crippen LogP contribution in [0.3, 0.4) is 0 Å². The smallest absolute Gasteiger partial charge is 0.142 e. The van der Waals surface area contributed by atoms with Crippen molar-refractivity contribution in [3.63, 3.8) is 0 Å². The maximum Gasteiger partial charge on any atom is 0.142 e. The van der Waals surface area contributed by atoms with Gasteiger partial charge in [-0.2, -0.15) is 0 Å². The molecule has 0 amide bonds. The average Bonchev–Trinajstić information content (AvgIpc) is 2.76. The molecule has 0 bridgehead atoms. The van der Waals surface area contributed by atoms with E-state index in [0.717, 1.165) is 20.4 Å². The van der Waals surface area contributed by atoms with Crippen LogP contribution in [0.15, 0.2) is 38.6 Å². The second-order valence-electron chi connectivity index (χ2n) is 3.84. The molecule has 18 heavy (non-hydrogen) atoms. The zero-order valence-electron chi connectivity index (χ0n) is 10.0. The lowest BCUT2D eigenvalue weighted by Gasteiger charge is -2.17. The van der Waals surface area contributed by atoms with E-state index in [1.54, 1.807) is 18.4 Å². The Balaban J connectivity index is 2.23. The summed E-state index contributed by atoms with van der Waals surface area (Å²) < 4.78 is 7.53. The summed E-state index contributed by atoms with van der Waals surface area (Å²) in [6, 6.07) is 8.23. The van der Waals surface area contributed by atoms with Crippen LogP contribution in [0.25, 0.3) is 0 Å². The minimum absolute atomic E-state index is 0.225. The van der Waals surface area contributed by atoms with Crippen LogP contribution in [0, 0.1) is 0 Å². The molecule has 0 aliphatic carbocycles. The Kier molecular flexibility index (Phi) is 4.70. The average molecular weight is 391 g/mol. The van der Waals surface area contributed by atoms with Crippen LogP contribution in [0.5, 0.6) is 5.75 Å².